The molecule has 0 aromatic heterocycles. The standard InChI is InChI=1S/C11H17NO3/c1-5-9-10(11(2,3)4)12(15-8-13)6-7-14-9/h1,8-10H,6-7H2,2-4H3/t9-,10?/m0/s1. The van der Waals surface area contributed by atoms with Crippen LogP contribution in [0.2, 0.25) is 0 Å². The van der Waals surface area contributed by atoms with Gasteiger partial charge in [-0.3, -0.25) is 4.79 Å². The topological polar surface area (TPSA) is 38.8 Å². The normalized spacial score (nSPS) is 28.1. The predicted octanol–water partition coefficient (Wildman–Crippen LogP) is 0.823. The Morgan fingerprint density at radius 3 is 2.73 bits per heavy atom. The van der Waals surface area contributed by atoms with Crippen molar-refractivity contribution in [2.24, 2.45) is 5.41 Å². The van der Waals surface area contributed by atoms with Crippen LogP contribution in [0.1, 0.15) is 20.8 Å². The molecule has 0 N–H and O–H groups in total. The average Bonchev–Trinajstić information content (AvgIpc) is 2.16. The van der Waals surface area contributed by atoms with Crippen molar-refractivity contribution >= 4 is 6.47 Å². The number of hydrogen-bond acceptors (Lipinski definition) is 4. The van der Waals surface area contributed by atoms with E-state index in [4.69, 9.17) is 16.0 Å². The van der Waals surface area contributed by atoms with Crippen LogP contribution in [-0.4, -0.2) is 36.8 Å². The Bertz CT molecular complexity index is 264. The maximum atomic E-state index is 10.4. The van der Waals surface area contributed by atoms with E-state index in [0.29, 0.717) is 19.6 Å². The van der Waals surface area contributed by atoms with E-state index in [1.165, 1.54) is 0 Å². The first-order valence-corrected chi connectivity index (χ1v) is 4.95. The lowest BCUT2D eigenvalue weighted by molar-refractivity contribution is -0.235. The third-order valence-electron chi connectivity index (χ3n) is 2.44. The molecule has 4 nitrogen and oxygen atoms in total. The zero-order valence-electron chi connectivity index (χ0n) is 9.40. The summed E-state index contributed by atoms with van der Waals surface area (Å²) in [6.07, 6.45) is 5.07. The van der Waals surface area contributed by atoms with Gasteiger partial charge in [-0.25, -0.2) is 0 Å². The Balaban J connectivity index is 2.87. The average molecular weight is 211 g/mol. The highest BCUT2D eigenvalue weighted by Crippen LogP contribution is 2.30. The first-order valence-electron chi connectivity index (χ1n) is 4.95. The summed E-state index contributed by atoms with van der Waals surface area (Å²) in [6, 6.07) is -0.110. The lowest BCUT2D eigenvalue weighted by atomic mass is 9.82. The van der Waals surface area contributed by atoms with E-state index in [1.54, 1.807) is 5.06 Å². The van der Waals surface area contributed by atoms with Crippen LogP contribution in [0, 0.1) is 17.8 Å². The molecule has 2 atom stereocenters. The predicted molar refractivity (Wildman–Crippen MR) is 55.7 cm³/mol. The van der Waals surface area contributed by atoms with E-state index < -0.39 is 0 Å². The van der Waals surface area contributed by atoms with Gasteiger partial charge in [0.15, 0.2) is 0 Å². The quantitative estimate of drug-likeness (QED) is 0.501. The highest BCUT2D eigenvalue weighted by atomic mass is 16.7. The van der Waals surface area contributed by atoms with E-state index >= 15 is 0 Å². The van der Waals surface area contributed by atoms with Gasteiger partial charge in [0.2, 0.25) is 0 Å². The zero-order valence-corrected chi connectivity index (χ0v) is 9.40. The summed E-state index contributed by atoms with van der Waals surface area (Å²) in [4.78, 5) is 15.3. The molecule has 1 saturated heterocycles. The number of rotatable bonds is 2. The number of hydroxylamine groups is 2. The molecule has 4 heteroatoms. The molecule has 0 radical (unpaired) electrons. The van der Waals surface area contributed by atoms with E-state index in [1.807, 2.05) is 20.8 Å². The van der Waals surface area contributed by atoms with Gasteiger partial charge in [-0.1, -0.05) is 26.7 Å². The van der Waals surface area contributed by atoms with E-state index in [2.05, 4.69) is 5.92 Å². The number of nitrogens with zero attached hydrogens (tertiary/aromatic N) is 1. The number of carbonyl (C=O) groups is 1. The summed E-state index contributed by atoms with van der Waals surface area (Å²) in [5, 5.41) is 1.61. The second-order valence-corrected chi connectivity index (χ2v) is 4.61. The van der Waals surface area contributed by atoms with Crippen LogP contribution in [0.4, 0.5) is 0 Å². The molecular weight excluding hydrogens is 194 g/mol. The first-order chi connectivity index (χ1) is 7.00. The fourth-order valence-corrected chi connectivity index (χ4v) is 1.85. The molecule has 15 heavy (non-hydrogen) atoms. The van der Waals surface area contributed by atoms with Gasteiger partial charge in [-0.05, 0) is 5.41 Å². The van der Waals surface area contributed by atoms with Crippen LogP contribution in [0.3, 0.4) is 0 Å². The zero-order chi connectivity index (χ0) is 11.5. The van der Waals surface area contributed by atoms with E-state index in [0.717, 1.165) is 0 Å². The molecule has 1 fully saturated rings. The van der Waals surface area contributed by atoms with Crippen LogP contribution in [0.25, 0.3) is 0 Å². The summed E-state index contributed by atoms with van der Waals surface area (Å²) in [7, 11) is 0. The van der Waals surface area contributed by atoms with Crippen LogP contribution in [-0.2, 0) is 14.4 Å². The highest BCUT2D eigenvalue weighted by molar-refractivity contribution is 5.36. The number of terminal acetylenes is 1. The fourth-order valence-electron chi connectivity index (χ4n) is 1.85. The lowest BCUT2D eigenvalue weighted by Crippen LogP contribution is -2.56. The summed E-state index contributed by atoms with van der Waals surface area (Å²) in [6.45, 7) is 7.58. The molecule has 0 aliphatic carbocycles. The minimum absolute atomic E-state index is 0.110. The number of ether oxygens (including phenoxy) is 1. The van der Waals surface area contributed by atoms with Gasteiger partial charge < -0.3 is 9.57 Å². The van der Waals surface area contributed by atoms with Gasteiger partial charge >= 0.3 is 6.47 Å². The van der Waals surface area contributed by atoms with Gasteiger partial charge in [0.25, 0.3) is 0 Å². The molecule has 1 unspecified atom stereocenters. The molecule has 0 saturated carbocycles. The van der Waals surface area contributed by atoms with Crippen molar-refractivity contribution in [2.75, 3.05) is 13.2 Å². The lowest BCUT2D eigenvalue weighted by Gasteiger charge is -2.43. The van der Waals surface area contributed by atoms with Crippen molar-refractivity contribution in [2.45, 2.75) is 32.9 Å². The van der Waals surface area contributed by atoms with E-state index in [-0.39, 0.29) is 17.6 Å². The largest absolute Gasteiger partial charge is 0.370 e. The number of morpholine rings is 1. The summed E-state index contributed by atoms with van der Waals surface area (Å²) in [5.74, 6) is 2.59. The third kappa shape index (κ3) is 2.71. The summed E-state index contributed by atoms with van der Waals surface area (Å²) >= 11 is 0. The molecule has 84 valence electrons. The van der Waals surface area contributed by atoms with Crippen LogP contribution in [0.15, 0.2) is 0 Å². The molecule has 0 bridgehead atoms. The minimum Gasteiger partial charge on any atom is -0.370 e. The smallest absolute Gasteiger partial charge is 0.313 e. The maximum absolute atomic E-state index is 10.4. The van der Waals surface area contributed by atoms with Gasteiger partial charge in [-0.15, -0.1) is 11.5 Å². The fraction of sp³-hybridized carbons (Fsp3) is 0.727. The first kappa shape index (κ1) is 12.0. The Hall–Kier alpha value is -1.05. The Morgan fingerprint density at radius 2 is 2.27 bits per heavy atom. The van der Waals surface area contributed by atoms with Crippen LogP contribution in [0.5, 0.6) is 0 Å². The van der Waals surface area contributed by atoms with Crippen LogP contribution >= 0.6 is 0 Å². The Labute approximate surface area is 90.5 Å². The van der Waals surface area contributed by atoms with Gasteiger partial charge in [0.1, 0.15) is 6.10 Å². The molecule has 0 spiro atoms. The monoisotopic (exact) mass is 211 g/mol. The highest BCUT2D eigenvalue weighted by Gasteiger charge is 2.41. The number of carbonyl (C=O) groups excluding carboxylic acids is 1. The number of hydrogen-bond donors (Lipinski definition) is 0. The molecule has 1 rings (SSSR count). The minimum atomic E-state index is -0.335. The van der Waals surface area contributed by atoms with Crippen molar-refractivity contribution in [3.8, 4) is 12.3 Å². The molecule has 0 aromatic carbocycles. The molecular formula is C11H17NO3. The Morgan fingerprint density at radius 1 is 1.60 bits per heavy atom. The van der Waals surface area contributed by atoms with Gasteiger partial charge in [-0.2, -0.15) is 0 Å². The van der Waals surface area contributed by atoms with Gasteiger partial charge in [0, 0.05) is 0 Å². The summed E-state index contributed by atoms with van der Waals surface area (Å²) < 4.78 is 5.47. The maximum Gasteiger partial charge on any atom is 0.313 e. The van der Waals surface area contributed by atoms with Crippen molar-refractivity contribution in [3.05, 3.63) is 0 Å². The van der Waals surface area contributed by atoms with Crippen molar-refractivity contribution < 1.29 is 14.4 Å². The third-order valence-corrected chi connectivity index (χ3v) is 2.44. The van der Waals surface area contributed by atoms with Crippen molar-refractivity contribution in [1.29, 1.82) is 0 Å². The second-order valence-electron chi connectivity index (χ2n) is 4.61. The van der Waals surface area contributed by atoms with Crippen molar-refractivity contribution in [1.82, 2.24) is 5.06 Å². The molecule has 0 amide bonds. The summed E-state index contributed by atoms with van der Waals surface area (Å²) in [5.41, 5.74) is -0.111. The molecule has 0 aromatic rings. The molecule has 1 aliphatic rings. The Kier molecular flexibility index (Phi) is 3.72. The second kappa shape index (κ2) is 4.65. The van der Waals surface area contributed by atoms with Crippen molar-refractivity contribution in [3.63, 3.8) is 0 Å². The molecule has 1 heterocycles. The van der Waals surface area contributed by atoms with E-state index in [9.17, 15) is 4.79 Å². The van der Waals surface area contributed by atoms with Gasteiger partial charge in [0.05, 0.1) is 19.2 Å². The van der Waals surface area contributed by atoms with Crippen LogP contribution < -0.4 is 0 Å². The molecule has 1 aliphatic heterocycles. The SMILES string of the molecule is C#C[C@@H]1OCCN(OC=O)C1C(C)(C)C.